The van der Waals surface area contributed by atoms with Crippen molar-refractivity contribution >= 4 is 20.3 Å². The SMILES string of the molecule is CC(=O)Oc1ccc(C(=O)O[Si](C)(C)C)cc1C. The third-order valence-electron chi connectivity index (χ3n) is 2.06. The number of hydrogen-bond acceptors (Lipinski definition) is 4. The summed E-state index contributed by atoms with van der Waals surface area (Å²) in [5, 5.41) is 0. The van der Waals surface area contributed by atoms with Gasteiger partial charge in [0.2, 0.25) is 8.32 Å². The van der Waals surface area contributed by atoms with Gasteiger partial charge in [0, 0.05) is 6.92 Å². The van der Waals surface area contributed by atoms with Crippen molar-refractivity contribution in [3.63, 3.8) is 0 Å². The standard InChI is InChI=1S/C13H18O4Si/c1-9-8-11(13(15)17-18(3,4)5)6-7-12(9)16-10(2)14/h6-8H,1-5H3. The third kappa shape index (κ3) is 4.33. The maximum absolute atomic E-state index is 11.9. The molecule has 0 unspecified atom stereocenters. The van der Waals surface area contributed by atoms with Gasteiger partial charge in [-0.15, -0.1) is 0 Å². The molecule has 1 aromatic rings. The Kier molecular flexibility index (Phi) is 4.29. The van der Waals surface area contributed by atoms with Crippen molar-refractivity contribution in [2.24, 2.45) is 0 Å². The van der Waals surface area contributed by atoms with Crippen LogP contribution in [0.5, 0.6) is 5.75 Å². The molecule has 0 saturated carbocycles. The van der Waals surface area contributed by atoms with Crippen LogP contribution in [-0.4, -0.2) is 20.3 Å². The van der Waals surface area contributed by atoms with Crippen LogP contribution in [0.2, 0.25) is 19.6 Å². The van der Waals surface area contributed by atoms with Crippen LogP contribution in [0.1, 0.15) is 22.8 Å². The highest BCUT2D eigenvalue weighted by atomic mass is 28.4. The lowest BCUT2D eigenvalue weighted by molar-refractivity contribution is -0.131. The zero-order valence-corrected chi connectivity index (χ0v) is 12.4. The Balaban J connectivity index is 2.90. The van der Waals surface area contributed by atoms with Gasteiger partial charge < -0.3 is 9.16 Å². The molecule has 4 nitrogen and oxygen atoms in total. The molecule has 0 atom stereocenters. The van der Waals surface area contributed by atoms with Gasteiger partial charge in [0.25, 0.3) is 0 Å². The van der Waals surface area contributed by atoms with Crippen LogP contribution >= 0.6 is 0 Å². The van der Waals surface area contributed by atoms with Crippen molar-refractivity contribution in [1.29, 1.82) is 0 Å². The Morgan fingerprint density at radius 2 is 1.78 bits per heavy atom. The molecule has 5 heteroatoms. The fourth-order valence-electron chi connectivity index (χ4n) is 1.38. The molecule has 0 radical (unpaired) electrons. The lowest BCUT2D eigenvalue weighted by Crippen LogP contribution is -2.29. The number of esters is 1. The molecule has 18 heavy (non-hydrogen) atoms. The molecular weight excluding hydrogens is 248 g/mol. The first kappa shape index (κ1) is 14.4. The molecule has 0 saturated heterocycles. The normalized spacial score (nSPS) is 10.9. The maximum atomic E-state index is 11.9. The zero-order valence-electron chi connectivity index (χ0n) is 11.4. The first-order valence-electron chi connectivity index (χ1n) is 5.71. The van der Waals surface area contributed by atoms with E-state index in [4.69, 9.17) is 9.16 Å². The molecule has 0 fully saturated rings. The monoisotopic (exact) mass is 266 g/mol. The molecule has 0 aromatic heterocycles. The van der Waals surface area contributed by atoms with Crippen LogP contribution in [0.15, 0.2) is 18.2 Å². The van der Waals surface area contributed by atoms with Gasteiger partial charge in [-0.25, -0.2) is 4.79 Å². The van der Waals surface area contributed by atoms with Crippen molar-refractivity contribution in [2.45, 2.75) is 33.5 Å². The lowest BCUT2D eigenvalue weighted by atomic mass is 10.1. The van der Waals surface area contributed by atoms with Gasteiger partial charge in [0.05, 0.1) is 5.56 Å². The Bertz CT molecular complexity index is 474. The van der Waals surface area contributed by atoms with E-state index >= 15 is 0 Å². The minimum atomic E-state index is -1.90. The minimum Gasteiger partial charge on any atom is -0.516 e. The largest absolute Gasteiger partial charge is 0.516 e. The highest BCUT2D eigenvalue weighted by Crippen LogP contribution is 2.20. The quantitative estimate of drug-likeness (QED) is 0.479. The number of benzene rings is 1. The molecule has 0 bridgehead atoms. The van der Waals surface area contributed by atoms with E-state index in [0.717, 1.165) is 5.56 Å². The van der Waals surface area contributed by atoms with Gasteiger partial charge in [-0.05, 0) is 50.3 Å². The average molecular weight is 266 g/mol. The van der Waals surface area contributed by atoms with Crippen molar-refractivity contribution in [3.8, 4) is 5.75 Å². The molecule has 0 aliphatic carbocycles. The highest BCUT2D eigenvalue weighted by Gasteiger charge is 2.21. The molecule has 0 N–H and O–H groups in total. The van der Waals surface area contributed by atoms with Crippen LogP contribution < -0.4 is 4.74 Å². The van der Waals surface area contributed by atoms with Crippen LogP contribution in [0, 0.1) is 6.92 Å². The van der Waals surface area contributed by atoms with Crippen LogP contribution in [0.25, 0.3) is 0 Å². The zero-order chi connectivity index (χ0) is 13.9. The van der Waals surface area contributed by atoms with Gasteiger partial charge in [-0.1, -0.05) is 0 Å². The summed E-state index contributed by atoms with van der Waals surface area (Å²) in [7, 11) is -1.90. The second-order valence-corrected chi connectivity index (χ2v) is 9.50. The molecule has 98 valence electrons. The smallest absolute Gasteiger partial charge is 0.324 e. The van der Waals surface area contributed by atoms with Crippen molar-refractivity contribution in [2.75, 3.05) is 0 Å². The summed E-state index contributed by atoms with van der Waals surface area (Å²) in [6.07, 6.45) is 0. The van der Waals surface area contributed by atoms with Gasteiger partial charge in [0.15, 0.2) is 0 Å². The van der Waals surface area contributed by atoms with Crippen molar-refractivity contribution in [1.82, 2.24) is 0 Å². The summed E-state index contributed by atoms with van der Waals surface area (Å²) in [4.78, 5) is 22.7. The molecule has 1 aromatic carbocycles. The van der Waals surface area contributed by atoms with E-state index in [1.807, 2.05) is 19.6 Å². The van der Waals surface area contributed by atoms with Gasteiger partial charge >= 0.3 is 11.9 Å². The molecule has 0 aliphatic heterocycles. The first-order chi connectivity index (χ1) is 8.19. The number of aryl methyl sites for hydroxylation is 1. The van der Waals surface area contributed by atoms with Crippen LogP contribution in [0.3, 0.4) is 0 Å². The first-order valence-corrected chi connectivity index (χ1v) is 9.12. The van der Waals surface area contributed by atoms with Crippen molar-refractivity contribution < 1.29 is 18.8 Å². The van der Waals surface area contributed by atoms with Gasteiger partial charge in [-0.2, -0.15) is 0 Å². The number of hydrogen-bond donors (Lipinski definition) is 0. The van der Waals surface area contributed by atoms with Gasteiger partial charge in [0.1, 0.15) is 5.75 Å². The second kappa shape index (κ2) is 5.35. The summed E-state index contributed by atoms with van der Waals surface area (Å²) in [5.41, 5.74) is 1.21. The third-order valence-corrected chi connectivity index (χ3v) is 2.86. The minimum absolute atomic E-state index is 0.327. The molecule has 0 amide bonds. The summed E-state index contributed by atoms with van der Waals surface area (Å²) in [5.74, 6) is -0.241. The summed E-state index contributed by atoms with van der Waals surface area (Å²) >= 11 is 0. The van der Waals surface area contributed by atoms with Gasteiger partial charge in [-0.3, -0.25) is 4.79 Å². The second-order valence-electron chi connectivity index (χ2n) is 5.08. The molecule has 0 spiro atoms. The van der Waals surface area contributed by atoms with Crippen LogP contribution in [0.4, 0.5) is 0 Å². The highest BCUT2D eigenvalue weighted by molar-refractivity contribution is 6.71. The summed E-state index contributed by atoms with van der Waals surface area (Å²) in [6, 6.07) is 4.88. The number of ether oxygens (including phenoxy) is 1. The predicted octanol–water partition coefficient (Wildman–Crippen LogP) is 2.91. The van der Waals surface area contributed by atoms with E-state index in [2.05, 4.69) is 0 Å². The summed E-state index contributed by atoms with van der Waals surface area (Å²) < 4.78 is 10.4. The number of carbonyl (C=O) groups excluding carboxylic acids is 2. The van der Waals surface area contributed by atoms with E-state index in [-0.39, 0.29) is 11.9 Å². The van der Waals surface area contributed by atoms with E-state index in [1.54, 1.807) is 25.1 Å². The molecular formula is C13H18O4Si. The summed E-state index contributed by atoms with van der Waals surface area (Å²) in [6.45, 7) is 8.97. The van der Waals surface area contributed by atoms with E-state index in [1.165, 1.54) is 6.92 Å². The van der Waals surface area contributed by atoms with E-state index in [9.17, 15) is 9.59 Å². The Labute approximate surface area is 108 Å². The topological polar surface area (TPSA) is 52.6 Å². The molecule has 0 aliphatic rings. The average Bonchev–Trinajstić information content (AvgIpc) is 2.17. The Morgan fingerprint density at radius 3 is 2.22 bits per heavy atom. The lowest BCUT2D eigenvalue weighted by Gasteiger charge is -2.17. The fourth-order valence-corrected chi connectivity index (χ4v) is 2.06. The van der Waals surface area contributed by atoms with Crippen LogP contribution in [-0.2, 0) is 9.22 Å². The Morgan fingerprint density at radius 1 is 1.17 bits per heavy atom. The van der Waals surface area contributed by atoms with E-state index in [0.29, 0.717) is 11.3 Å². The predicted molar refractivity (Wildman–Crippen MR) is 71.2 cm³/mol. The fraction of sp³-hybridized carbons (Fsp3) is 0.385. The molecule has 0 heterocycles. The molecule has 1 rings (SSSR count). The maximum Gasteiger partial charge on any atom is 0.324 e. The number of carbonyl (C=O) groups is 2. The van der Waals surface area contributed by atoms with E-state index < -0.39 is 8.32 Å². The Hall–Kier alpha value is -1.62. The van der Waals surface area contributed by atoms with Crippen molar-refractivity contribution in [3.05, 3.63) is 29.3 Å². The number of rotatable bonds is 3.